The Morgan fingerprint density at radius 1 is 0.329 bits per heavy atom. The minimum Gasteiger partial charge on any atom is -0.311 e. The van der Waals surface area contributed by atoms with Crippen molar-refractivity contribution >= 4 is 91.1 Å². The second-order valence-corrected chi connectivity index (χ2v) is 26.1. The van der Waals surface area contributed by atoms with E-state index in [0.29, 0.717) is 6.44 Å². The van der Waals surface area contributed by atoms with E-state index in [0.717, 1.165) is 96.5 Å². The molecule has 0 N–H and O–H groups in total. The number of benzene rings is 8. The third-order valence-corrected chi connectivity index (χ3v) is 24.2. The van der Waals surface area contributed by atoms with E-state index in [1.807, 2.05) is 0 Å². The summed E-state index contributed by atoms with van der Waals surface area (Å²) in [6, 6.07) is 32.3. The van der Waals surface area contributed by atoms with Crippen LogP contribution in [0.2, 0.25) is 0 Å². The van der Waals surface area contributed by atoms with Crippen LogP contribution < -0.4 is 0 Å². The Labute approximate surface area is 418 Å². The number of piperidine rings is 1. The maximum atomic E-state index is 6.19. The van der Waals surface area contributed by atoms with Gasteiger partial charge in [-0.25, -0.2) is 0 Å². The van der Waals surface area contributed by atoms with Crippen molar-refractivity contribution in [2.75, 3.05) is 26.0 Å². The van der Waals surface area contributed by atoms with Crippen LogP contribution in [0.3, 0.4) is 0 Å². The summed E-state index contributed by atoms with van der Waals surface area (Å²) in [5.41, 5.74) is 2.79. The molecule has 0 amide bonds. The standard InChI is InChI=1S/C33H50BN.C33H20BN/c2*34-17-35-15-19-7-9-23-27-13-11-25-21-5-1-3-18-4-2-6-22(30(18)21)26-12-14-28(33(27)32(25)26)24-10-8-20(16-35)29(19)31(23)24/h18-33H,1-17H2;1-14H,15-17H2. The Bertz CT molecular complexity index is 3190. The van der Waals surface area contributed by atoms with Gasteiger partial charge in [0.15, 0.2) is 0 Å². The highest BCUT2D eigenvalue weighted by Crippen LogP contribution is 2.73. The van der Waals surface area contributed by atoms with Gasteiger partial charge < -0.3 is 9.80 Å². The molecule has 2 aliphatic heterocycles. The van der Waals surface area contributed by atoms with Gasteiger partial charge in [0.1, 0.15) is 0 Å². The largest absolute Gasteiger partial charge is 0.311 e. The molecule has 4 radical (unpaired) electrons. The first kappa shape index (κ1) is 41.6. The normalized spacial score (nSPS) is 38.5. The van der Waals surface area contributed by atoms with Gasteiger partial charge in [0.05, 0.1) is 15.7 Å². The fourth-order valence-electron chi connectivity index (χ4n) is 22.5. The molecule has 10 atom stereocenters. The molecule has 18 rings (SSSR count). The summed E-state index contributed by atoms with van der Waals surface area (Å²) < 4.78 is 0. The Kier molecular flexibility index (Phi) is 9.12. The van der Waals surface area contributed by atoms with E-state index in [2.05, 4.69) is 94.7 Å². The summed E-state index contributed by atoms with van der Waals surface area (Å²) >= 11 is 0. The van der Waals surface area contributed by atoms with Crippen molar-refractivity contribution in [3.05, 3.63) is 96.1 Å². The summed E-state index contributed by atoms with van der Waals surface area (Å²) in [6.07, 6.45) is 23.9. The Morgan fingerprint density at radius 3 is 1.17 bits per heavy atom. The lowest BCUT2D eigenvalue weighted by molar-refractivity contribution is -0.228. The smallest absolute Gasteiger partial charge is 0.0863 e. The van der Waals surface area contributed by atoms with Crippen LogP contribution in [0, 0.1) is 94.7 Å². The summed E-state index contributed by atoms with van der Waals surface area (Å²) in [7, 11) is 12.2. The number of hydrogen-bond acceptors (Lipinski definition) is 2. The van der Waals surface area contributed by atoms with Crippen molar-refractivity contribution in [3.63, 3.8) is 0 Å². The first-order valence-corrected chi connectivity index (χ1v) is 29.2. The quantitative estimate of drug-likeness (QED) is 0.0969. The highest BCUT2D eigenvalue weighted by molar-refractivity contribution is 6.42. The summed E-state index contributed by atoms with van der Waals surface area (Å²) in [5.74, 6) is 18.0. The van der Waals surface area contributed by atoms with Crippen LogP contribution in [0.1, 0.15) is 101 Å². The van der Waals surface area contributed by atoms with E-state index < -0.39 is 0 Å². The lowest BCUT2D eigenvalue weighted by Gasteiger charge is -2.71. The Hall–Kier alpha value is -3.85. The van der Waals surface area contributed by atoms with Crippen molar-refractivity contribution in [2.45, 2.75) is 103 Å². The molecule has 0 spiro atoms. The van der Waals surface area contributed by atoms with Crippen LogP contribution >= 0.6 is 0 Å². The molecule has 0 aromatic heterocycles. The topological polar surface area (TPSA) is 6.48 Å². The summed E-state index contributed by atoms with van der Waals surface area (Å²) in [5, 5.41) is 19.3. The minimum atomic E-state index is 0.590. The molecule has 0 bridgehead atoms. The Morgan fingerprint density at radius 2 is 0.714 bits per heavy atom. The van der Waals surface area contributed by atoms with E-state index in [1.54, 1.807) is 89.9 Å². The van der Waals surface area contributed by atoms with E-state index in [9.17, 15) is 0 Å². The van der Waals surface area contributed by atoms with Gasteiger partial charge in [-0.05, 0) is 258 Å². The van der Waals surface area contributed by atoms with Crippen LogP contribution in [-0.4, -0.2) is 51.5 Å². The van der Waals surface area contributed by atoms with Crippen LogP contribution in [0.15, 0.2) is 84.9 Å². The molecule has 10 unspecified atom stereocenters. The zero-order chi connectivity index (χ0) is 45.7. The maximum Gasteiger partial charge on any atom is 0.0863 e. The number of nitrogens with zero attached hydrogens (tertiary/aromatic N) is 2. The van der Waals surface area contributed by atoms with Crippen LogP contribution in [0.25, 0.3) is 75.4 Å². The average molecular weight is 913 g/mol. The highest BCUT2D eigenvalue weighted by Gasteiger charge is 2.66. The second-order valence-electron chi connectivity index (χ2n) is 26.1. The number of fused-ring (bicyclic) bond motifs is 8. The molecule has 2 nitrogen and oxygen atoms in total. The van der Waals surface area contributed by atoms with Crippen LogP contribution in [0.4, 0.5) is 0 Å². The van der Waals surface area contributed by atoms with E-state index in [4.69, 9.17) is 15.7 Å². The van der Waals surface area contributed by atoms with Gasteiger partial charge in [0, 0.05) is 26.2 Å². The van der Waals surface area contributed by atoms with Crippen LogP contribution in [-0.2, 0) is 13.1 Å². The molecule has 8 aromatic carbocycles. The summed E-state index contributed by atoms with van der Waals surface area (Å²) in [4.78, 5) is 4.95. The monoisotopic (exact) mass is 913 g/mol. The lowest BCUT2D eigenvalue weighted by atomic mass is 9.34. The van der Waals surface area contributed by atoms with Crippen molar-refractivity contribution in [2.24, 2.45) is 94.7 Å². The first-order valence-electron chi connectivity index (χ1n) is 29.2. The molecule has 9 fully saturated rings. The second kappa shape index (κ2) is 15.4. The number of hydrogen-bond donors (Lipinski definition) is 0. The van der Waals surface area contributed by atoms with Gasteiger partial charge in [-0.15, -0.1) is 0 Å². The van der Waals surface area contributed by atoms with Gasteiger partial charge in [-0.3, -0.25) is 0 Å². The third kappa shape index (κ3) is 5.48. The molecule has 10 aliphatic rings. The zero-order valence-electron chi connectivity index (χ0n) is 41.5. The molecular weight excluding hydrogens is 842 g/mol. The van der Waals surface area contributed by atoms with Gasteiger partial charge in [0.2, 0.25) is 0 Å². The first-order chi connectivity index (χ1) is 34.6. The number of likely N-dealkylation sites (tertiary alicyclic amines) is 1. The van der Waals surface area contributed by atoms with Crippen molar-refractivity contribution in [1.29, 1.82) is 0 Å². The fraction of sp³-hybridized carbons (Fsp3) is 0.545. The lowest BCUT2D eigenvalue weighted by Crippen LogP contribution is -2.66. The molecule has 1 saturated heterocycles. The predicted octanol–water partition coefficient (Wildman–Crippen LogP) is 14.9. The van der Waals surface area contributed by atoms with Gasteiger partial charge in [0.25, 0.3) is 0 Å². The van der Waals surface area contributed by atoms with Crippen molar-refractivity contribution in [3.8, 4) is 0 Å². The van der Waals surface area contributed by atoms with Gasteiger partial charge in [-0.1, -0.05) is 111 Å². The molecule has 8 aromatic rings. The molecule has 4 heteroatoms. The van der Waals surface area contributed by atoms with Gasteiger partial charge >= 0.3 is 0 Å². The van der Waals surface area contributed by atoms with E-state index in [1.165, 1.54) is 117 Å². The molecule has 70 heavy (non-hydrogen) atoms. The van der Waals surface area contributed by atoms with Gasteiger partial charge in [-0.2, -0.15) is 0 Å². The van der Waals surface area contributed by atoms with E-state index in [-0.39, 0.29) is 0 Å². The predicted molar refractivity (Wildman–Crippen MR) is 294 cm³/mol. The Balaban J connectivity index is 0.000000117. The SMILES string of the molecule is [B]CN1CC2CCC3C4CCC5C6CCCC7CCCC(C8CCC(C9CCC(C1)C2C39)C4C58)C76.[B]CN1Cc2ccc3c4ccc5c6cccc7cccc(c8ccc(c9ccc(c2c39)C1)c4c58)c76. The highest BCUT2D eigenvalue weighted by atomic mass is 15.1. The fourth-order valence-corrected chi connectivity index (χ4v) is 22.5. The van der Waals surface area contributed by atoms with Crippen molar-refractivity contribution < 1.29 is 0 Å². The molecule has 2 heterocycles. The average Bonchev–Trinajstić information content (AvgIpc) is 3.42. The molecule has 8 saturated carbocycles. The maximum absolute atomic E-state index is 6.19. The number of rotatable bonds is 2. The molecule has 8 aliphatic carbocycles. The summed E-state index contributed by atoms with van der Waals surface area (Å²) in [6.45, 7) is 4.52. The zero-order valence-corrected chi connectivity index (χ0v) is 41.5. The van der Waals surface area contributed by atoms with E-state index >= 15 is 0 Å². The third-order valence-electron chi connectivity index (χ3n) is 24.2. The minimum absolute atomic E-state index is 0.590. The molecule has 350 valence electrons. The molecular formula is C66H70B2N2. The van der Waals surface area contributed by atoms with Crippen LogP contribution in [0.5, 0.6) is 0 Å². The van der Waals surface area contributed by atoms with Crippen molar-refractivity contribution in [1.82, 2.24) is 9.80 Å².